The molecule has 12 heteroatoms. The Morgan fingerprint density at radius 3 is 2.56 bits per heavy atom. The largest absolute Gasteiger partial charge is 0.425 e. The van der Waals surface area contributed by atoms with Gasteiger partial charge in [0.05, 0.1) is 12.6 Å². The van der Waals surface area contributed by atoms with Gasteiger partial charge in [-0.3, -0.25) is 9.36 Å². The van der Waals surface area contributed by atoms with Crippen LogP contribution in [0.25, 0.3) is 5.57 Å². The Bertz CT molecular complexity index is 1280. The number of nitrogens with one attached hydrogen (secondary N) is 1. The van der Waals surface area contributed by atoms with Crippen LogP contribution in [0.15, 0.2) is 53.6 Å². The number of rotatable bonds is 5. The number of anilines is 1. The summed E-state index contributed by atoms with van der Waals surface area (Å²) in [6, 6.07) is 7.76. The molecule has 7 nitrogen and oxygen atoms in total. The minimum Gasteiger partial charge on any atom is -0.348 e. The van der Waals surface area contributed by atoms with Crippen molar-refractivity contribution in [3.05, 3.63) is 80.4 Å². The lowest BCUT2D eigenvalue weighted by atomic mass is 9.95. The zero-order valence-corrected chi connectivity index (χ0v) is 18.7. The van der Waals surface area contributed by atoms with E-state index in [1.807, 2.05) is 6.08 Å². The number of hydrogen-bond acceptors (Lipinski definition) is 6. The summed E-state index contributed by atoms with van der Waals surface area (Å²) < 4.78 is 52.9. The van der Waals surface area contributed by atoms with Crippen molar-refractivity contribution in [1.82, 2.24) is 19.9 Å². The number of carbonyl (C=O) groups excluding carboxylic acids is 1. The van der Waals surface area contributed by atoms with E-state index in [-0.39, 0.29) is 30.8 Å². The third-order valence-electron chi connectivity index (χ3n) is 5.17. The highest BCUT2D eigenvalue weighted by Gasteiger charge is 2.32. The standard InChI is InChI=1S/C22H19F4N5O2S/c1-13(32)28-18-11-30(9-8-17(18)14-2-4-15(23)5-3-14)20-27-12-31(21(33)29-20)10-16-6-7-19(34-16)22(24,25)26/h2-8,12,18H,9-11H2,1H3,(H,28,32). The summed E-state index contributed by atoms with van der Waals surface area (Å²) in [5.41, 5.74) is 0.902. The van der Waals surface area contributed by atoms with Crippen molar-refractivity contribution in [3.8, 4) is 0 Å². The first-order valence-corrected chi connectivity index (χ1v) is 11.0. The van der Waals surface area contributed by atoms with Gasteiger partial charge < -0.3 is 10.2 Å². The average molecular weight is 493 g/mol. The number of benzene rings is 1. The molecule has 1 aromatic carbocycles. The lowest BCUT2D eigenvalue weighted by molar-refractivity contribution is -0.134. The number of alkyl halides is 3. The first-order valence-electron chi connectivity index (χ1n) is 10.2. The molecule has 1 amide bonds. The maximum atomic E-state index is 13.3. The van der Waals surface area contributed by atoms with Gasteiger partial charge in [-0.1, -0.05) is 18.2 Å². The molecule has 0 bridgehead atoms. The van der Waals surface area contributed by atoms with Gasteiger partial charge in [-0.05, 0) is 35.4 Å². The van der Waals surface area contributed by atoms with Crippen LogP contribution in [0.2, 0.25) is 0 Å². The number of thiophene rings is 1. The van der Waals surface area contributed by atoms with Crippen LogP contribution in [-0.2, 0) is 17.5 Å². The summed E-state index contributed by atoms with van der Waals surface area (Å²) in [6.07, 6.45) is -1.35. The highest BCUT2D eigenvalue weighted by molar-refractivity contribution is 7.12. The fraction of sp³-hybridized carbons (Fsp3) is 0.273. The lowest BCUT2D eigenvalue weighted by Crippen LogP contribution is -2.47. The van der Waals surface area contributed by atoms with Crippen molar-refractivity contribution < 1.29 is 22.4 Å². The van der Waals surface area contributed by atoms with Gasteiger partial charge in [-0.2, -0.15) is 18.2 Å². The van der Waals surface area contributed by atoms with Crippen LogP contribution < -0.4 is 15.9 Å². The molecule has 3 heterocycles. The maximum absolute atomic E-state index is 13.3. The van der Waals surface area contributed by atoms with E-state index in [0.29, 0.717) is 22.8 Å². The van der Waals surface area contributed by atoms with E-state index in [1.165, 1.54) is 31.5 Å². The van der Waals surface area contributed by atoms with Gasteiger partial charge in [-0.25, -0.2) is 14.2 Å². The molecule has 0 aliphatic carbocycles. The summed E-state index contributed by atoms with van der Waals surface area (Å²) in [5.74, 6) is -0.498. The molecule has 4 rings (SSSR count). The molecular weight excluding hydrogens is 474 g/mol. The smallest absolute Gasteiger partial charge is 0.348 e. The monoisotopic (exact) mass is 493 g/mol. The second kappa shape index (κ2) is 9.37. The molecule has 0 saturated carbocycles. The van der Waals surface area contributed by atoms with Gasteiger partial charge >= 0.3 is 11.9 Å². The summed E-state index contributed by atoms with van der Waals surface area (Å²) >= 11 is 0.558. The number of nitrogens with zero attached hydrogens (tertiary/aromatic N) is 4. The highest BCUT2D eigenvalue weighted by Crippen LogP contribution is 2.34. The molecule has 0 saturated heterocycles. The van der Waals surface area contributed by atoms with Crippen LogP contribution in [-0.4, -0.2) is 39.6 Å². The average Bonchev–Trinajstić information content (AvgIpc) is 3.25. The molecule has 178 valence electrons. The molecule has 2 aromatic heterocycles. The van der Waals surface area contributed by atoms with Crippen LogP contribution in [0.4, 0.5) is 23.5 Å². The number of amides is 1. The van der Waals surface area contributed by atoms with E-state index in [4.69, 9.17) is 0 Å². The van der Waals surface area contributed by atoms with Gasteiger partial charge in [0.2, 0.25) is 11.9 Å². The third-order valence-corrected chi connectivity index (χ3v) is 6.28. The fourth-order valence-corrected chi connectivity index (χ4v) is 4.50. The molecule has 1 atom stereocenters. The van der Waals surface area contributed by atoms with E-state index >= 15 is 0 Å². The summed E-state index contributed by atoms with van der Waals surface area (Å²) in [5, 5.41) is 2.85. The SMILES string of the molecule is CC(=O)NC1CN(c2ncn(Cc3ccc(C(F)(F)F)s3)c(=O)n2)CC=C1c1ccc(F)cc1. The van der Waals surface area contributed by atoms with Gasteiger partial charge in [-0.15, -0.1) is 11.3 Å². The van der Waals surface area contributed by atoms with Gasteiger partial charge in [0.1, 0.15) is 17.0 Å². The molecule has 0 fully saturated rings. The van der Waals surface area contributed by atoms with Crippen molar-refractivity contribution in [3.63, 3.8) is 0 Å². The molecule has 1 unspecified atom stereocenters. The molecule has 3 aromatic rings. The van der Waals surface area contributed by atoms with Crippen LogP contribution in [0, 0.1) is 5.82 Å². The molecule has 1 N–H and O–H groups in total. The Labute approximate surface area is 195 Å². The Balaban J connectivity index is 1.54. The minimum absolute atomic E-state index is 0.0804. The number of halogens is 4. The van der Waals surface area contributed by atoms with E-state index in [1.54, 1.807) is 17.0 Å². The first kappa shape index (κ1) is 23.6. The van der Waals surface area contributed by atoms with Crippen molar-refractivity contribution >= 4 is 28.8 Å². The number of carbonyl (C=O) groups is 1. The number of hydrogen-bond donors (Lipinski definition) is 1. The van der Waals surface area contributed by atoms with Crippen LogP contribution in [0.1, 0.15) is 22.2 Å². The first-order chi connectivity index (χ1) is 16.1. The summed E-state index contributed by atoms with van der Waals surface area (Å²) in [6.45, 7) is 1.91. The molecule has 0 spiro atoms. The van der Waals surface area contributed by atoms with Crippen molar-refractivity contribution in [1.29, 1.82) is 0 Å². The van der Waals surface area contributed by atoms with Crippen molar-refractivity contribution in [2.75, 3.05) is 18.0 Å². The zero-order valence-electron chi connectivity index (χ0n) is 17.8. The Morgan fingerprint density at radius 2 is 1.94 bits per heavy atom. The topological polar surface area (TPSA) is 80.1 Å². The Hall–Kier alpha value is -3.54. The fourth-order valence-electron chi connectivity index (χ4n) is 3.63. The van der Waals surface area contributed by atoms with Gasteiger partial charge in [0.25, 0.3) is 0 Å². The maximum Gasteiger partial charge on any atom is 0.425 e. The predicted molar refractivity (Wildman–Crippen MR) is 119 cm³/mol. The molecule has 1 aliphatic heterocycles. The lowest BCUT2D eigenvalue weighted by Gasteiger charge is -2.33. The predicted octanol–water partition coefficient (Wildman–Crippen LogP) is 3.31. The molecule has 34 heavy (non-hydrogen) atoms. The Morgan fingerprint density at radius 1 is 1.21 bits per heavy atom. The highest BCUT2D eigenvalue weighted by atomic mass is 32.1. The normalized spacial score (nSPS) is 16.3. The molecule has 0 radical (unpaired) electrons. The van der Waals surface area contributed by atoms with E-state index in [9.17, 15) is 27.2 Å². The van der Waals surface area contributed by atoms with E-state index in [0.717, 1.165) is 21.8 Å². The van der Waals surface area contributed by atoms with Crippen molar-refractivity contribution in [2.45, 2.75) is 25.7 Å². The van der Waals surface area contributed by atoms with Gasteiger partial charge in [0, 0.05) is 24.9 Å². The quantitative estimate of drug-likeness (QED) is 0.552. The zero-order chi connectivity index (χ0) is 24.5. The number of aromatic nitrogens is 3. The third kappa shape index (κ3) is 5.33. The second-order valence-electron chi connectivity index (χ2n) is 7.66. The minimum atomic E-state index is -4.44. The van der Waals surface area contributed by atoms with Crippen LogP contribution in [0.5, 0.6) is 0 Å². The summed E-state index contributed by atoms with van der Waals surface area (Å²) in [7, 11) is 0. The Kier molecular flexibility index (Phi) is 6.51. The molecular formula is C22H19F4N5O2S. The summed E-state index contributed by atoms with van der Waals surface area (Å²) in [4.78, 5) is 33.8. The van der Waals surface area contributed by atoms with Crippen LogP contribution in [0.3, 0.4) is 0 Å². The molecule has 1 aliphatic rings. The van der Waals surface area contributed by atoms with Crippen molar-refractivity contribution in [2.24, 2.45) is 0 Å². The van der Waals surface area contributed by atoms with Crippen LogP contribution >= 0.6 is 11.3 Å². The van der Waals surface area contributed by atoms with Gasteiger partial charge in [0.15, 0.2) is 0 Å². The second-order valence-corrected chi connectivity index (χ2v) is 8.82. The van der Waals surface area contributed by atoms with E-state index < -0.39 is 22.8 Å². The van der Waals surface area contributed by atoms with E-state index in [2.05, 4.69) is 15.3 Å².